The Morgan fingerprint density at radius 1 is 1.07 bits per heavy atom. The van der Waals surface area contributed by atoms with Gasteiger partial charge in [0.05, 0.1) is 34.9 Å². The quantitative estimate of drug-likeness (QED) is 0.467. The Balaban J connectivity index is 1.25. The smallest absolute Gasteiger partial charge is 0.414 e. The summed E-state index contributed by atoms with van der Waals surface area (Å²) >= 11 is 0. The van der Waals surface area contributed by atoms with Crippen LogP contribution in [-0.4, -0.2) is 67.2 Å². The normalized spacial score (nSPS) is 20.4. The molecule has 1 N–H and O–H groups in total. The van der Waals surface area contributed by atoms with E-state index < -0.39 is 34.7 Å². The van der Waals surface area contributed by atoms with E-state index >= 15 is 8.78 Å². The lowest BCUT2D eigenvalue weighted by Gasteiger charge is -2.39. The molecule has 10 nitrogen and oxygen atoms in total. The standard InChI is InChI=1S/C29H30F2N4O6/c1-3-4-18-13-35(29(39)41-18)17-5-6-23(21(30)11-17)32-7-9-33(10-8-32)25-22(31)12-19-24-27(25)40-15-16(2)34(24)14-20(26(19)36)28(37)38/h5-6,11-12,14,16,18H,3-4,7-10,13,15H2,1-2H3,(H,37,38)/t16?,18-/m1/s1. The molecule has 2 saturated heterocycles. The highest BCUT2D eigenvalue weighted by atomic mass is 19.1. The van der Waals surface area contributed by atoms with Crippen LogP contribution in [0.5, 0.6) is 5.75 Å². The van der Waals surface area contributed by atoms with Gasteiger partial charge in [-0.2, -0.15) is 0 Å². The van der Waals surface area contributed by atoms with Crippen LogP contribution in [-0.2, 0) is 4.74 Å². The molecule has 1 aromatic heterocycles. The highest BCUT2D eigenvalue weighted by Crippen LogP contribution is 2.42. The number of cyclic esters (lactones) is 1. The second kappa shape index (κ2) is 10.2. The van der Waals surface area contributed by atoms with E-state index in [-0.39, 0.29) is 35.6 Å². The first kappa shape index (κ1) is 26.9. The summed E-state index contributed by atoms with van der Waals surface area (Å²) in [4.78, 5) is 41.9. The molecule has 12 heteroatoms. The number of aromatic carboxylic acids is 1. The van der Waals surface area contributed by atoms with E-state index in [9.17, 15) is 19.5 Å². The third-order valence-electron chi connectivity index (χ3n) is 8.04. The summed E-state index contributed by atoms with van der Waals surface area (Å²) < 4.78 is 43.8. The summed E-state index contributed by atoms with van der Waals surface area (Å²) in [5, 5.41) is 9.45. The SMILES string of the molecule is CCC[C@@H]1CN(c2ccc(N3CCN(c4c(F)cc5c(=O)c(C(=O)O)cn6c5c4OCC6C)CC3)c(F)c2)C(=O)O1. The van der Waals surface area contributed by atoms with Crippen molar-refractivity contribution in [1.82, 2.24) is 4.57 Å². The molecule has 4 heterocycles. The van der Waals surface area contributed by atoms with E-state index in [1.54, 1.807) is 21.6 Å². The minimum absolute atomic E-state index is 0.0450. The fraction of sp³-hybridized carbons (Fsp3) is 0.414. The molecule has 3 aliphatic heterocycles. The molecule has 2 fully saturated rings. The van der Waals surface area contributed by atoms with Crippen molar-refractivity contribution in [3.63, 3.8) is 0 Å². The largest absolute Gasteiger partial charge is 0.487 e. The third kappa shape index (κ3) is 4.51. The zero-order chi connectivity index (χ0) is 29.0. The van der Waals surface area contributed by atoms with Crippen molar-refractivity contribution in [2.75, 3.05) is 54.0 Å². The molecule has 0 bridgehead atoms. The van der Waals surface area contributed by atoms with Crippen LogP contribution in [0.3, 0.4) is 0 Å². The van der Waals surface area contributed by atoms with Crippen LogP contribution in [0.25, 0.3) is 10.9 Å². The van der Waals surface area contributed by atoms with Gasteiger partial charge in [-0.1, -0.05) is 13.3 Å². The van der Waals surface area contributed by atoms with Crippen molar-refractivity contribution in [2.24, 2.45) is 0 Å². The fourth-order valence-corrected chi connectivity index (χ4v) is 5.95. The first-order chi connectivity index (χ1) is 19.7. The first-order valence-electron chi connectivity index (χ1n) is 13.7. The van der Waals surface area contributed by atoms with Gasteiger partial charge in [0, 0.05) is 32.4 Å². The Morgan fingerprint density at radius 3 is 2.49 bits per heavy atom. The number of nitrogens with zero attached hydrogens (tertiary/aromatic N) is 4. The van der Waals surface area contributed by atoms with E-state index in [1.807, 2.05) is 18.7 Å². The van der Waals surface area contributed by atoms with Crippen molar-refractivity contribution >= 4 is 40.0 Å². The van der Waals surface area contributed by atoms with Crippen molar-refractivity contribution in [2.45, 2.75) is 38.8 Å². The average Bonchev–Trinajstić information content (AvgIpc) is 3.31. The van der Waals surface area contributed by atoms with Gasteiger partial charge in [-0.05, 0) is 37.6 Å². The minimum atomic E-state index is -1.37. The summed E-state index contributed by atoms with van der Waals surface area (Å²) in [7, 11) is 0. The molecule has 0 aliphatic carbocycles. The number of hydrogen-bond acceptors (Lipinski definition) is 7. The number of amides is 1. The van der Waals surface area contributed by atoms with Gasteiger partial charge in [-0.3, -0.25) is 9.69 Å². The van der Waals surface area contributed by atoms with Gasteiger partial charge < -0.3 is 28.9 Å². The first-order valence-corrected chi connectivity index (χ1v) is 13.7. The van der Waals surface area contributed by atoms with Gasteiger partial charge in [-0.25, -0.2) is 18.4 Å². The number of halogens is 2. The highest BCUT2D eigenvalue weighted by Gasteiger charge is 2.34. The summed E-state index contributed by atoms with van der Waals surface area (Å²) in [6.45, 7) is 5.89. The second-order valence-electron chi connectivity index (χ2n) is 10.7. The summed E-state index contributed by atoms with van der Waals surface area (Å²) in [5.41, 5.74) is 0.195. The average molecular weight is 569 g/mol. The van der Waals surface area contributed by atoms with E-state index in [0.29, 0.717) is 49.6 Å². The van der Waals surface area contributed by atoms with Gasteiger partial charge in [0.25, 0.3) is 0 Å². The summed E-state index contributed by atoms with van der Waals surface area (Å²) in [6.07, 6.45) is 2.24. The fourth-order valence-electron chi connectivity index (χ4n) is 5.95. The van der Waals surface area contributed by atoms with Crippen LogP contribution in [0.1, 0.15) is 43.1 Å². The van der Waals surface area contributed by atoms with E-state index in [4.69, 9.17) is 9.47 Å². The van der Waals surface area contributed by atoms with Crippen LogP contribution in [0, 0.1) is 11.6 Å². The van der Waals surface area contributed by atoms with Gasteiger partial charge in [-0.15, -0.1) is 0 Å². The van der Waals surface area contributed by atoms with Crippen LogP contribution < -0.4 is 24.9 Å². The monoisotopic (exact) mass is 568 g/mol. The molecular weight excluding hydrogens is 538 g/mol. The van der Waals surface area contributed by atoms with Gasteiger partial charge in [0.15, 0.2) is 11.6 Å². The topological polar surface area (TPSA) is 105 Å². The predicted molar refractivity (Wildman–Crippen MR) is 149 cm³/mol. The number of benzene rings is 2. The molecule has 1 unspecified atom stereocenters. The number of anilines is 3. The van der Waals surface area contributed by atoms with E-state index in [0.717, 1.165) is 18.9 Å². The lowest BCUT2D eigenvalue weighted by atomic mass is 10.1. The number of aromatic nitrogens is 1. The molecule has 0 spiro atoms. The van der Waals surface area contributed by atoms with Gasteiger partial charge in [0.1, 0.15) is 29.8 Å². The lowest BCUT2D eigenvalue weighted by Crippen LogP contribution is -2.47. The van der Waals surface area contributed by atoms with Gasteiger partial charge in [0.2, 0.25) is 5.43 Å². The number of carboxylic acids is 1. The number of ether oxygens (including phenoxy) is 2. The Hall–Kier alpha value is -4.35. The van der Waals surface area contributed by atoms with Crippen LogP contribution in [0.2, 0.25) is 0 Å². The molecular formula is C29H30F2N4O6. The lowest BCUT2D eigenvalue weighted by molar-refractivity contribution is 0.0694. The van der Waals surface area contributed by atoms with Gasteiger partial charge >= 0.3 is 12.1 Å². The number of carbonyl (C=O) groups is 2. The number of carbonyl (C=O) groups excluding carboxylic acids is 1. The molecule has 0 saturated carbocycles. The zero-order valence-corrected chi connectivity index (χ0v) is 22.7. The van der Waals surface area contributed by atoms with Crippen LogP contribution in [0.15, 0.2) is 35.3 Å². The van der Waals surface area contributed by atoms with Crippen LogP contribution >= 0.6 is 0 Å². The number of pyridine rings is 1. The Kier molecular flexibility index (Phi) is 6.71. The molecule has 3 aliphatic rings. The number of rotatable bonds is 6. The molecule has 41 heavy (non-hydrogen) atoms. The summed E-state index contributed by atoms with van der Waals surface area (Å²) in [5.74, 6) is -2.32. The van der Waals surface area contributed by atoms with Crippen molar-refractivity contribution in [1.29, 1.82) is 0 Å². The number of piperazine rings is 1. The molecule has 1 amide bonds. The molecule has 216 valence electrons. The zero-order valence-electron chi connectivity index (χ0n) is 22.7. The molecule has 2 atom stereocenters. The maximum atomic E-state index is 15.6. The number of carboxylic acid groups (broad SMARTS) is 1. The predicted octanol–water partition coefficient (Wildman–Crippen LogP) is 4.38. The Labute approximate surface area is 234 Å². The van der Waals surface area contributed by atoms with Crippen molar-refractivity contribution < 1.29 is 33.0 Å². The maximum Gasteiger partial charge on any atom is 0.414 e. The Bertz CT molecular complexity index is 1620. The molecule has 6 rings (SSSR count). The highest BCUT2D eigenvalue weighted by molar-refractivity contribution is 5.97. The summed E-state index contributed by atoms with van der Waals surface area (Å²) in [6, 6.07) is 5.51. The maximum absolute atomic E-state index is 15.6. The Morgan fingerprint density at radius 2 is 1.80 bits per heavy atom. The second-order valence-corrected chi connectivity index (χ2v) is 10.7. The van der Waals surface area contributed by atoms with Crippen molar-refractivity contribution in [3.8, 4) is 5.75 Å². The van der Waals surface area contributed by atoms with E-state index in [2.05, 4.69) is 0 Å². The van der Waals surface area contributed by atoms with E-state index in [1.165, 1.54) is 17.2 Å². The van der Waals surface area contributed by atoms with Crippen LogP contribution in [0.4, 0.5) is 30.6 Å². The molecule has 2 aromatic carbocycles. The molecule has 0 radical (unpaired) electrons. The third-order valence-corrected chi connectivity index (χ3v) is 8.04. The van der Waals surface area contributed by atoms with Crippen molar-refractivity contribution in [3.05, 3.63) is 57.9 Å². The minimum Gasteiger partial charge on any atom is -0.487 e. The number of hydrogen-bond donors (Lipinski definition) is 1. The molecule has 3 aromatic rings.